The molecule has 6 atom stereocenters. The van der Waals surface area contributed by atoms with Crippen molar-refractivity contribution >= 4 is 25.1 Å². The van der Waals surface area contributed by atoms with E-state index in [-0.39, 0.29) is 24.1 Å². The summed E-state index contributed by atoms with van der Waals surface area (Å²) in [4.78, 5) is 16.6. The molecule has 13 nitrogen and oxygen atoms in total. The number of aliphatic hydroxyl groups excluding tert-OH is 2. The third-order valence-corrected chi connectivity index (χ3v) is 9.00. The van der Waals surface area contributed by atoms with Gasteiger partial charge >= 0.3 is 13.7 Å². The second kappa shape index (κ2) is 12.8. The summed E-state index contributed by atoms with van der Waals surface area (Å²) in [6.45, 7) is 6.92. The summed E-state index contributed by atoms with van der Waals surface area (Å²) in [5.41, 5.74) is 5.44. The lowest BCUT2D eigenvalue weighted by atomic mass is 9.93. The smallest absolute Gasteiger partial charge is 0.459 e. The summed E-state index contributed by atoms with van der Waals surface area (Å²) in [7, 11) is -4.22. The van der Waals surface area contributed by atoms with Crippen LogP contribution in [0.1, 0.15) is 46.2 Å². The number of fused-ring (bicyclic) bond motifs is 1. The van der Waals surface area contributed by atoms with Gasteiger partial charge in [-0.25, -0.2) is 14.1 Å². The molecule has 1 unspecified atom stereocenters. The number of ether oxygens (including phenoxy) is 2. The first-order chi connectivity index (χ1) is 19.5. The maximum Gasteiger partial charge on any atom is 0.459 e. The van der Waals surface area contributed by atoms with E-state index >= 15 is 0 Å². The Labute approximate surface area is 238 Å². The van der Waals surface area contributed by atoms with E-state index in [9.17, 15) is 19.6 Å². The number of nitrogens with two attached hydrogens (primary N) is 1. The Morgan fingerprint density at radius 2 is 1.93 bits per heavy atom. The molecule has 224 valence electrons. The first-order valence-corrected chi connectivity index (χ1v) is 15.1. The highest BCUT2D eigenvalue weighted by Gasteiger charge is 2.54. The lowest BCUT2D eigenvalue weighted by molar-refractivity contribution is -0.146. The molecule has 4 rings (SSSR count). The Bertz CT molecular complexity index is 1370. The molecule has 1 fully saturated rings. The van der Waals surface area contributed by atoms with Crippen molar-refractivity contribution in [2.45, 2.75) is 70.5 Å². The highest BCUT2D eigenvalue weighted by Crippen LogP contribution is 2.47. The minimum absolute atomic E-state index is 0.220. The first kappa shape index (κ1) is 30.9. The van der Waals surface area contributed by atoms with Crippen molar-refractivity contribution in [3.8, 4) is 5.75 Å². The minimum atomic E-state index is -4.22. The highest BCUT2D eigenvalue weighted by atomic mass is 31.2. The van der Waals surface area contributed by atoms with Crippen molar-refractivity contribution in [1.29, 1.82) is 0 Å². The van der Waals surface area contributed by atoms with E-state index in [4.69, 9.17) is 24.3 Å². The molecule has 0 spiro atoms. The predicted octanol–water partition coefficient (Wildman–Crippen LogP) is 2.81. The van der Waals surface area contributed by atoms with Crippen LogP contribution in [0.25, 0.3) is 5.52 Å². The van der Waals surface area contributed by atoms with Gasteiger partial charge < -0.3 is 29.9 Å². The molecule has 0 amide bonds. The number of nitrogens with one attached hydrogen (secondary N) is 1. The number of benzene rings is 1. The average Bonchev–Trinajstić information content (AvgIpc) is 3.49. The fourth-order valence-electron chi connectivity index (χ4n) is 4.68. The Hall–Kier alpha value is -3.06. The molecule has 0 bridgehead atoms. The van der Waals surface area contributed by atoms with Crippen molar-refractivity contribution in [2.24, 2.45) is 5.92 Å². The van der Waals surface area contributed by atoms with E-state index in [2.05, 4.69) is 15.2 Å². The number of anilines is 1. The fourth-order valence-corrected chi connectivity index (χ4v) is 6.18. The Morgan fingerprint density at radius 1 is 1.22 bits per heavy atom. The molecule has 1 aliphatic rings. The number of carbonyl (C=O) groups excluding carboxylic acids is 1. The largest absolute Gasteiger partial charge is 0.464 e. The standard InChI is InChI=1S/C27H38N5O8P/c1-5-18(6-2)14-37-26(35)17(3)31-41(36,40-19-10-8-7-9-11-19)38-15-21-23(33)24(34)27(4,39-21)22-13-12-20-25(28)29-16-30-32(20)22/h7-13,16-18,21,23-24,33-34H,5-6,14-15H2,1-4H3,(H,31,36)(H2,28,29,30)/t17-,21+,23+,24+,27-,41?/m0/s1. The number of aromatic nitrogens is 3. The van der Waals surface area contributed by atoms with Crippen molar-refractivity contribution in [3.63, 3.8) is 0 Å². The lowest BCUT2D eigenvalue weighted by Crippen LogP contribution is -2.40. The first-order valence-electron chi connectivity index (χ1n) is 13.6. The molecule has 0 saturated carbocycles. The van der Waals surface area contributed by atoms with Gasteiger partial charge in [-0.05, 0) is 44.0 Å². The number of nitrogen functional groups attached to an aromatic ring is 1. The summed E-state index contributed by atoms with van der Waals surface area (Å²) < 4.78 is 38.3. The zero-order chi connectivity index (χ0) is 29.8. The van der Waals surface area contributed by atoms with E-state index in [1.165, 1.54) is 17.8 Å². The molecule has 0 aliphatic carbocycles. The fraction of sp³-hybridized carbons (Fsp3) is 0.519. The second-order valence-corrected chi connectivity index (χ2v) is 11.9. The van der Waals surface area contributed by atoms with Crippen molar-refractivity contribution in [3.05, 3.63) is 54.5 Å². The molecular weight excluding hydrogens is 553 g/mol. The van der Waals surface area contributed by atoms with Gasteiger partial charge in [-0.2, -0.15) is 10.2 Å². The number of aliphatic hydroxyl groups is 2. The molecule has 3 heterocycles. The monoisotopic (exact) mass is 591 g/mol. The predicted molar refractivity (Wildman–Crippen MR) is 150 cm³/mol. The third kappa shape index (κ3) is 6.72. The van der Waals surface area contributed by atoms with Crippen LogP contribution in [0.15, 0.2) is 48.8 Å². The molecule has 3 aromatic rings. The summed E-state index contributed by atoms with van der Waals surface area (Å²) in [5.74, 6) is 0.0760. The number of hydrogen-bond donors (Lipinski definition) is 4. The molecule has 41 heavy (non-hydrogen) atoms. The van der Waals surface area contributed by atoms with E-state index in [0.29, 0.717) is 11.2 Å². The quantitative estimate of drug-likeness (QED) is 0.169. The SMILES string of the molecule is CCC(CC)COC(=O)[C@H](C)NP(=O)(OC[C@H]1O[C@@](C)(c2ccc3c(N)ncnn23)[C@H](O)[C@@H]1O)Oc1ccccc1. The normalized spacial score (nSPS) is 24.8. The Kier molecular flexibility index (Phi) is 9.68. The van der Waals surface area contributed by atoms with Crippen LogP contribution in [0.3, 0.4) is 0 Å². The molecule has 5 N–H and O–H groups in total. The van der Waals surface area contributed by atoms with Gasteiger partial charge in [0.05, 0.1) is 18.9 Å². The van der Waals surface area contributed by atoms with Crippen LogP contribution in [-0.2, 0) is 29.0 Å². The van der Waals surface area contributed by atoms with E-state index in [1.807, 2.05) is 13.8 Å². The van der Waals surface area contributed by atoms with Gasteiger partial charge in [0.2, 0.25) is 0 Å². The Balaban J connectivity index is 1.50. The minimum Gasteiger partial charge on any atom is -0.464 e. The molecule has 1 saturated heterocycles. The molecule has 2 aromatic heterocycles. The number of rotatable bonds is 13. The van der Waals surface area contributed by atoms with Crippen molar-refractivity contribution < 1.29 is 38.1 Å². The number of nitrogens with zero attached hydrogens (tertiary/aromatic N) is 3. The zero-order valence-electron chi connectivity index (χ0n) is 23.5. The molecular formula is C27H38N5O8P. The summed E-state index contributed by atoms with van der Waals surface area (Å²) >= 11 is 0. The summed E-state index contributed by atoms with van der Waals surface area (Å²) in [5, 5.41) is 28.7. The number of hydrogen-bond acceptors (Lipinski definition) is 11. The lowest BCUT2D eigenvalue weighted by Gasteiger charge is -2.27. The topological polar surface area (TPSA) is 180 Å². The third-order valence-electron chi connectivity index (χ3n) is 7.35. The van der Waals surface area contributed by atoms with Crippen LogP contribution in [-0.4, -0.2) is 68.3 Å². The van der Waals surface area contributed by atoms with Gasteiger partial charge in [0, 0.05) is 0 Å². The van der Waals surface area contributed by atoms with Gasteiger partial charge in [0.1, 0.15) is 47.5 Å². The van der Waals surface area contributed by atoms with Crippen LogP contribution in [0.5, 0.6) is 5.75 Å². The van der Waals surface area contributed by atoms with Crippen LogP contribution >= 0.6 is 7.75 Å². The number of carbonyl (C=O) groups is 1. The summed E-state index contributed by atoms with van der Waals surface area (Å²) in [6, 6.07) is 10.6. The molecule has 0 radical (unpaired) electrons. The van der Waals surface area contributed by atoms with Crippen molar-refractivity contribution in [1.82, 2.24) is 19.7 Å². The van der Waals surface area contributed by atoms with Crippen LogP contribution < -0.4 is 15.3 Å². The molecule has 1 aliphatic heterocycles. The van der Waals surface area contributed by atoms with Crippen LogP contribution in [0.4, 0.5) is 5.82 Å². The maximum absolute atomic E-state index is 13.9. The van der Waals surface area contributed by atoms with Gasteiger partial charge in [-0.3, -0.25) is 9.32 Å². The average molecular weight is 592 g/mol. The highest BCUT2D eigenvalue weighted by molar-refractivity contribution is 7.52. The van der Waals surface area contributed by atoms with E-state index in [0.717, 1.165) is 12.8 Å². The second-order valence-electron chi connectivity index (χ2n) is 10.2. The van der Waals surface area contributed by atoms with Crippen LogP contribution in [0.2, 0.25) is 0 Å². The number of para-hydroxylation sites is 1. The zero-order valence-corrected chi connectivity index (χ0v) is 24.4. The maximum atomic E-state index is 13.9. The molecule has 14 heteroatoms. The van der Waals surface area contributed by atoms with Crippen LogP contribution in [0, 0.1) is 5.92 Å². The Morgan fingerprint density at radius 3 is 2.61 bits per heavy atom. The van der Waals surface area contributed by atoms with E-state index < -0.39 is 50.3 Å². The molecule has 1 aromatic carbocycles. The number of esters is 1. The van der Waals surface area contributed by atoms with Gasteiger partial charge in [0.25, 0.3) is 0 Å². The summed E-state index contributed by atoms with van der Waals surface area (Å²) in [6.07, 6.45) is -0.945. The van der Waals surface area contributed by atoms with Gasteiger partial charge in [-0.1, -0.05) is 44.9 Å². The van der Waals surface area contributed by atoms with Gasteiger partial charge in [-0.15, -0.1) is 0 Å². The van der Waals surface area contributed by atoms with E-state index in [1.54, 1.807) is 49.4 Å². The van der Waals surface area contributed by atoms with Gasteiger partial charge in [0.15, 0.2) is 5.82 Å². The van der Waals surface area contributed by atoms with Crippen molar-refractivity contribution in [2.75, 3.05) is 18.9 Å².